The van der Waals surface area contributed by atoms with E-state index in [4.69, 9.17) is 25.8 Å². The zero-order chi connectivity index (χ0) is 23.3. The van der Waals surface area contributed by atoms with Crippen LogP contribution in [0, 0.1) is 0 Å². The maximum atomic E-state index is 13.2. The van der Waals surface area contributed by atoms with Crippen molar-refractivity contribution < 1.29 is 23.8 Å². The van der Waals surface area contributed by atoms with E-state index in [2.05, 4.69) is 19.9 Å². The topological polar surface area (TPSA) is 120 Å². The molecule has 2 saturated heterocycles. The molecule has 3 aromatic rings. The van der Waals surface area contributed by atoms with Crippen molar-refractivity contribution in [3.8, 4) is 0 Å². The lowest BCUT2D eigenvalue weighted by atomic mass is 10.0. The van der Waals surface area contributed by atoms with Crippen molar-refractivity contribution in [3.05, 3.63) is 53.2 Å². The third kappa shape index (κ3) is 3.52. The highest BCUT2D eigenvalue weighted by molar-refractivity contribution is 6.29. The highest BCUT2D eigenvalue weighted by atomic mass is 35.5. The van der Waals surface area contributed by atoms with E-state index < -0.39 is 24.0 Å². The average molecular weight is 483 g/mol. The van der Waals surface area contributed by atoms with Gasteiger partial charge in [0.25, 0.3) is 5.91 Å². The molecule has 2 fully saturated rings. The van der Waals surface area contributed by atoms with E-state index in [0.717, 1.165) is 5.39 Å². The number of fused-ring (bicyclic) bond motifs is 2. The molecule has 1 unspecified atom stereocenters. The van der Waals surface area contributed by atoms with Crippen LogP contribution in [0.5, 0.6) is 0 Å². The van der Waals surface area contributed by atoms with Gasteiger partial charge in [0.15, 0.2) is 17.1 Å². The van der Waals surface area contributed by atoms with Crippen LogP contribution in [0.25, 0.3) is 11.0 Å². The van der Waals surface area contributed by atoms with Crippen LogP contribution in [-0.2, 0) is 14.2 Å². The highest BCUT2D eigenvalue weighted by Gasteiger charge is 2.46. The van der Waals surface area contributed by atoms with Gasteiger partial charge in [0.05, 0.1) is 13.2 Å². The Morgan fingerprint density at radius 1 is 1.06 bits per heavy atom. The number of aromatic nitrogens is 4. The third-order valence-electron chi connectivity index (χ3n) is 6.18. The van der Waals surface area contributed by atoms with Gasteiger partial charge in [-0.25, -0.2) is 24.6 Å². The van der Waals surface area contributed by atoms with Crippen molar-refractivity contribution >= 4 is 40.5 Å². The molecule has 1 atom stereocenters. The Hall–Kier alpha value is -3.41. The van der Waals surface area contributed by atoms with Crippen LogP contribution in [-0.4, -0.2) is 68.9 Å². The van der Waals surface area contributed by atoms with Gasteiger partial charge in [-0.1, -0.05) is 11.6 Å². The number of carbonyl (C=O) groups excluding carboxylic acids is 2. The molecule has 34 heavy (non-hydrogen) atoms. The van der Waals surface area contributed by atoms with Crippen LogP contribution in [0.4, 0.5) is 10.6 Å². The van der Waals surface area contributed by atoms with Gasteiger partial charge in [0, 0.05) is 43.7 Å². The lowest BCUT2D eigenvalue weighted by Crippen LogP contribution is -2.48. The standard InChI is InChI=1S/C22H19ClN6O5/c23-14-3-1-13-2-4-15(27-18(13)26-14)29-19(30)16-17(25-8-7-24-16)20(29)34-21(31)28-9-5-22(6-10-28)32-11-12-33-22/h1-4,7-8,20H,5-6,9-12H2. The maximum absolute atomic E-state index is 13.2. The lowest BCUT2D eigenvalue weighted by molar-refractivity contribution is -0.182. The van der Waals surface area contributed by atoms with Gasteiger partial charge in [-0.2, -0.15) is 0 Å². The van der Waals surface area contributed by atoms with Crippen molar-refractivity contribution in [1.82, 2.24) is 24.8 Å². The molecule has 11 nitrogen and oxygen atoms in total. The van der Waals surface area contributed by atoms with Gasteiger partial charge < -0.3 is 19.1 Å². The van der Waals surface area contributed by atoms with Crippen molar-refractivity contribution in [2.45, 2.75) is 24.9 Å². The molecule has 3 aromatic heterocycles. The summed E-state index contributed by atoms with van der Waals surface area (Å²) in [5, 5.41) is 1.03. The summed E-state index contributed by atoms with van der Waals surface area (Å²) in [5.41, 5.74) is 0.710. The van der Waals surface area contributed by atoms with E-state index in [-0.39, 0.29) is 22.4 Å². The Labute approximate surface area is 198 Å². The molecule has 0 aliphatic carbocycles. The van der Waals surface area contributed by atoms with Gasteiger partial charge in [0.1, 0.15) is 16.7 Å². The number of pyridine rings is 2. The molecule has 1 spiro atoms. The summed E-state index contributed by atoms with van der Waals surface area (Å²) in [6.07, 6.45) is 2.26. The predicted molar refractivity (Wildman–Crippen MR) is 118 cm³/mol. The number of ether oxygens (including phenoxy) is 3. The number of piperidine rings is 1. The Kier molecular flexibility index (Phi) is 5.05. The highest BCUT2D eigenvalue weighted by Crippen LogP contribution is 2.37. The summed E-state index contributed by atoms with van der Waals surface area (Å²) < 4.78 is 17.3. The van der Waals surface area contributed by atoms with E-state index in [1.165, 1.54) is 17.3 Å². The molecule has 0 saturated carbocycles. The zero-order valence-electron chi connectivity index (χ0n) is 17.9. The molecule has 0 bridgehead atoms. The Balaban J connectivity index is 1.29. The molecule has 0 N–H and O–H groups in total. The number of rotatable bonds is 2. The van der Waals surface area contributed by atoms with Crippen LogP contribution in [0.2, 0.25) is 5.15 Å². The van der Waals surface area contributed by atoms with Crippen molar-refractivity contribution in [1.29, 1.82) is 0 Å². The molecule has 0 radical (unpaired) electrons. The van der Waals surface area contributed by atoms with Gasteiger partial charge in [-0.15, -0.1) is 0 Å². The molecule has 12 heteroatoms. The number of anilines is 1. The quantitative estimate of drug-likeness (QED) is 0.507. The summed E-state index contributed by atoms with van der Waals surface area (Å²) >= 11 is 6.02. The Bertz CT molecular complexity index is 1290. The minimum absolute atomic E-state index is 0.103. The first-order valence-electron chi connectivity index (χ1n) is 10.8. The lowest BCUT2D eigenvalue weighted by Gasteiger charge is -2.37. The van der Waals surface area contributed by atoms with Crippen molar-refractivity contribution in [2.24, 2.45) is 0 Å². The van der Waals surface area contributed by atoms with E-state index in [1.807, 2.05) is 0 Å². The number of carbonyl (C=O) groups is 2. The molecule has 3 aliphatic rings. The second-order valence-electron chi connectivity index (χ2n) is 8.15. The second-order valence-corrected chi connectivity index (χ2v) is 8.53. The van der Waals surface area contributed by atoms with E-state index in [0.29, 0.717) is 44.8 Å². The van der Waals surface area contributed by atoms with Crippen LogP contribution in [0.15, 0.2) is 36.7 Å². The number of nitrogens with zero attached hydrogens (tertiary/aromatic N) is 6. The van der Waals surface area contributed by atoms with Gasteiger partial charge in [-0.3, -0.25) is 9.78 Å². The second kappa shape index (κ2) is 8.12. The summed E-state index contributed by atoms with van der Waals surface area (Å²) in [6.45, 7) is 1.92. The summed E-state index contributed by atoms with van der Waals surface area (Å²) in [5.74, 6) is -0.844. The molecular formula is C22H19ClN6O5. The molecular weight excluding hydrogens is 464 g/mol. The normalized spacial score (nSPS) is 21.3. The number of likely N-dealkylation sites (tertiary alicyclic amines) is 1. The van der Waals surface area contributed by atoms with E-state index >= 15 is 0 Å². The Morgan fingerprint density at radius 2 is 1.79 bits per heavy atom. The Morgan fingerprint density at radius 3 is 2.59 bits per heavy atom. The number of halogens is 1. The number of hydrogen-bond acceptors (Lipinski definition) is 9. The summed E-state index contributed by atoms with van der Waals surface area (Å²) in [4.78, 5) is 46.3. The molecule has 6 heterocycles. The first-order valence-corrected chi connectivity index (χ1v) is 11.2. The molecule has 3 aliphatic heterocycles. The fourth-order valence-electron chi connectivity index (χ4n) is 4.46. The smallest absolute Gasteiger partial charge is 0.412 e. The average Bonchev–Trinajstić information content (AvgIpc) is 3.42. The minimum atomic E-state index is -1.12. The molecule has 0 aromatic carbocycles. The van der Waals surface area contributed by atoms with Gasteiger partial charge in [-0.05, 0) is 24.3 Å². The van der Waals surface area contributed by atoms with Crippen molar-refractivity contribution in [2.75, 3.05) is 31.2 Å². The summed E-state index contributed by atoms with van der Waals surface area (Å²) in [7, 11) is 0. The number of hydrogen-bond donors (Lipinski definition) is 0. The largest absolute Gasteiger partial charge is 0.419 e. The van der Waals surface area contributed by atoms with E-state index in [9.17, 15) is 9.59 Å². The fourth-order valence-corrected chi connectivity index (χ4v) is 4.60. The third-order valence-corrected chi connectivity index (χ3v) is 6.39. The van der Waals surface area contributed by atoms with Crippen LogP contribution in [0.3, 0.4) is 0 Å². The van der Waals surface area contributed by atoms with E-state index in [1.54, 1.807) is 29.2 Å². The zero-order valence-corrected chi connectivity index (χ0v) is 18.6. The predicted octanol–water partition coefficient (Wildman–Crippen LogP) is 2.71. The molecule has 6 rings (SSSR count). The maximum Gasteiger partial charge on any atom is 0.412 e. The number of amides is 2. The minimum Gasteiger partial charge on any atom is -0.419 e. The first kappa shape index (κ1) is 21.1. The molecule has 174 valence electrons. The first-order chi connectivity index (χ1) is 16.5. The van der Waals surface area contributed by atoms with Gasteiger partial charge >= 0.3 is 6.09 Å². The van der Waals surface area contributed by atoms with Crippen LogP contribution < -0.4 is 4.90 Å². The molecule has 2 amide bonds. The van der Waals surface area contributed by atoms with Crippen LogP contribution in [0.1, 0.15) is 35.3 Å². The summed E-state index contributed by atoms with van der Waals surface area (Å²) in [6, 6.07) is 6.86. The van der Waals surface area contributed by atoms with Gasteiger partial charge in [0.2, 0.25) is 6.23 Å². The van der Waals surface area contributed by atoms with Crippen molar-refractivity contribution in [3.63, 3.8) is 0 Å². The SMILES string of the molecule is O=C(OC1c2nccnc2C(=O)N1c1ccc2ccc(Cl)nc2n1)N1CCC2(CC1)OCCO2. The monoisotopic (exact) mass is 482 g/mol. The van der Waals surface area contributed by atoms with Crippen LogP contribution >= 0.6 is 11.6 Å². The fraction of sp³-hybridized carbons (Fsp3) is 0.364.